The summed E-state index contributed by atoms with van der Waals surface area (Å²) >= 11 is 0. The van der Waals surface area contributed by atoms with Crippen molar-refractivity contribution < 1.29 is 24.2 Å². The van der Waals surface area contributed by atoms with Crippen molar-refractivity contribution in [1.29, 1.82) is 0 Å². The van der Waals surface area contributed by atoms with Gasteiger partial charge in [-0.05, 0) is 114 Å². The monoisotopic (exact) mass is 606 g/mol. The minimum atomic E-state index is -0.985. The molecule has 5 nitrogen and oxygen atoms in total. The van der Waals surface area contributed by atoms with Crippen LogP contribution in [0.1, 0.15) is 92.6 Å². The summed E-state index contributed by atoms with van der Waals surface area (Å²) in [6.45, 7) is 9.32. The molecule has 0 radical (unpaired) electrons. The molecule has 0 aliphatic rings. The predicted octanol–water partition coefficient (Wildman–Crippen LogP) is 10.7. The number of hydrogen-bond acceptors (Lipinski definition) is 4. The zero-order valence-corrected chi connectivity index (χ0v) is 26.8. The van der Waals surface area contributed by atoms with Gasteiger partial charge in [0.2, 0.25) is 0 Å². The molecular formula is C40H46O5. The first kappa shape index (κ1) is 33.5. The zero-order chi connectivity index (χ0) is 32.0. The number of aromatic carboxylic acids is 1. The highest BCUT2D eigenvalue weighted by Crippen LogP contribution is 2.39. The Morgan fingerprint density at radius 1 is 0.822 bits per heavy atom. The van der Waals surface area contributed by atoms with E-state index in [-0.39, 0.29) is 5.56 Å². The lowest BCUT2D eigenvalue weighted by Gasteiger charge is -2.18. The third kappa shape index (κ3) is 9.07. The number of allylic oxidation sites excluding steroid dienone is 1. The molecule has 0 bridgehead atoms. The van der Waals surface area contributed by atoms with Gasteiger partial charge in [-0.15, -0.1) is 6.58 Å². The lowest BCUT2D eigenvalue weighted by Crippen LogP contribution is -1.99. The van der Waals surface area contributed by atoms with Gasteiger partial charge < -0.3 is 14.6 Å². The fourth-order valence-electron chi connectivity index (χ4n) is 5.96. The third-order valence-corrected chi connectivity index (χ3v) is 8.52. The van der Waals surface area contributed by atoms with Crippen LogP contribution in [0.15, 0.2) is 79.4 Å². The van der Waals surface area contributed by atoms with Crippen LogP contribution in [0.2, 0.25) is 0 Å². The van der Waals surface area contributed by atoms with Crippen molar-refractivity contribution in [2.45, 2.75) is 84.5 Å². The molecule has 0 saturated heterocycles. The molecule has 0 amide bonds. The van der Waals surface area contributed by atoms with Crippen molar-refractivity contribution in [3.8, 4) is 33.8 Å². The molecule has 0 aliphatic heterocycles. The van der Waals surface area contributed by atoms with E-state index >= 15 is 0 Å². The predicted molar refractivity (Wildman–Crippen MR) is 184 cm³/mol. The maximum atomic E-state index is 11.5. The molecule has 4 rings (SSSR count). The van der Waals surface area contributed by atoms with E-state index in [9.17, 15) is 14.7 Å². The van der Waals surface area contributed by atoms with Crippen molar-refractivity contribution >= 4 is 23.2 Å². The van der Waals surface area contributed by atoms with Gasteiger partial charge in [-0.2, -0.15) is 0 Å². The van der Waals surface area contributed by atoms with Crippen molar-refractivity contribution in [3.05, 3.63) is 96.1 Å². The molecule has 0 unspecified atom stereocenters. The molecular weight excluding hydrogens is 560 g/mol. The largest absolute Gasteiger partial charge is 0.494 e. The number of benzene rings is 4. The van der Waals surface area contributed by atoms with E-state index in [0.29, 0.717) is 18.8 Å². The topological polar surface area (TPSA) is 72.8 Å². The normalized spacial score (nSPS) is 11.0. The maximum Gasteiger partial charge on any atom is 0.335 e. The number of hydrogen-bond donors (Lipinski definition) is 1. The summed E-state index contributed by atoms with van der Waals surface area (Å²) in [7, 11) is 0. The number of rotatable bonds is 19. The van der Waals surface area contributed by atoms with Crippen LogP contribution in [0.25, 0.3) is 33.0 Å². The molecule has 0 aromatic heterocycles. The molecule has 0 spiro atoms. The van der Waals surface area contributed by atoms with E-state index in [1.165, 1.54) is 55.0 Å². The highest BCUT2D eigenvalue weighted by molar-refractivity contribution is 5.94. The average molecular weight is 607 g/mol. The number of carboxylic acid groups (broad SMARTS) is 1. The highest BCUT2D eigenvalue weighted by atomic mass is 16.5. The molecule has 0 saturated carbocycles. The van der Waals surface area contributed by atoms with Gasteiger partial charge in [-0.3, -0.25) is 4.79 Å². The van der Waals surface area contributed by atoms with Crippen LogP contribution in [-0.2, 0) is 11.2 Å². The standard InChI is InChI=1S/C40H46O5/c1-4-6-8-9-10-11-12-13-14-24-44-34-21-23-36-33(25-34)26-38(29(3)35(36)15-7-5-2)32-20-22-37(39(27-32)45-28-41)30-16-18-31(19-17-30)40(42)43/h4,16-23,25-28H,1,5-15,24H2,2-3H3,(H,42,43). The summed E-state index contributed by atoms with van der Waals surface area (Å²) in [6, 6.07) is 21.1. The highest BCUT2D eigenvalue weighted by Gasteiger charge is 2.16. The fourth-order valence-corrected chi connectivity index (χ4v) is 5.96. The minimum absolute atomic E-state index is 0.202. The van der Waals surface area contributed by atoms with Crippen LogP contribution in [-0.4, -0.2) is 24.2 Å². The van der Waals surface area contributed by atoms with E-state index < -0.39 is 5.97 Å². The quantitative estimate of drug-likeness (QED) is 0.0653. The summed E-state index contributed by atoms with van der Waals surface area (Å²) in [6.07, 6.45) is 14.9. The number of ether oxygens (including phenoxy) is 2. The van der Waals surface area contributed by atoms with E-state index in [1.807, 2.05) is 24.3 Å². The first-order valence-electron chi connectivity index (χ1n) is 16.3. The summed E-state index contributed by atoms with van der Waals surface area (Å²) in [5.41, 5.74) is 6.27. The van der Waals surface area contributed by atoms with Crippen molar-refractivity contribution in [2.75, 3.05) is 6.61 Å². The van der Waals surface area contributed by atoms with Crippen LogP contribution >= 0.6 is 0 Å². The van der Waals surface area contributed by atoms with Gasteiger partial charge >= 0.3 is 5.97 Å². The second kappa shape index (κ2) is 17.2. The first-order chi connectivity index (χ1) is 22.0. The van der Waals surface area contributed by atoms with Crippen molar-refractivity contribution in [1.82, 2.24) is 0 Å². The van der Waals surface area contributed by atoms with E-state index in [2.05, 4.69) is 44.7 Å². The Hall–Kier alpha value is -4.38. The fraction of sp³-hybridized carbons (Fsp3) is 0.350. The molecule has 0 fully saturated rings. The Balaban J connectivity index is 1.57. The first-order valence-corrected chi connectivity index (χ1v) is 16.3. The van der Waals surface area contributed by atoms with Gasteiger partial charge in [-0.25, -0.2) is 4.79 Å². The van der Waals surface area contributed by atoms with E-state index in [1.54, 1.807) is 24.3 Å². The number of fused-ring (bicyclic) bond motifs is 1. The Bertz CT molecular complexity index is 1590. The number of unbranched alkanes of at least 4 members (excludes halogenated alkanes) is 8. The van der Waals surface area contributed by atoms with Gasteiger partial charge in [0, 0.05) is 5.56 Å². The lowest BCUT2D eigenvalue weighted by molar-refractivity contribution is -0.120. The molecule has 0 atom stereocenters. The number of aryl methyl sites for hydroxylation is 1. The molecule has 0 aliphatic carbocycles. The second-order valence-corrected chi connectivity index (χ2v) is 11.7. The van der Waals surface area contributed by atoms with Gasteiger partial charge in [0.25, 0.3) is 6.47 Å². The molecule has 45 heavy (non-hydrogen) atoms. The number of carbonyl (C=O) groups excluding carboxylic acids is 1. The smallest absolute Gasteiger partial charge is 0.335 e. The SMILES string of the molecule is C=CCCCCCCCCCOc1ccc2c(CCCC)c(C)c(-c3ccc(-c4ccc(C(=O)O)cc4)c(OC=O)c3)cc2c1. The molecule has 1 N–H and O–H groups in total. The summed E-state index contributed by atoms with van der Waals surface area (Å²) in [4.78, 5) is 22.8. The zero-order valence-electron chi connectivity index (χ0n) is 26.8. The minimum Gasteiger partial charge on any atom is -0.494 e. The number of carbonyl (C=O) groups is 2. The molecule has 236 valence electrons. The van der Waals surface area contributed by atoms with Crippen molar-refractivity contribution in [2.24, 2.45) is 0 Å². The van der Waals surface area contributed by atoms with E-state index in [4.69, 9.17) is 9.47 Å². The Kier molecular flexibility index (Phi) is 12.8. The Morgan fingerprint density at radius 2 is 1.53 bits per heavy atom. The molecule has 4 aromatic rings. The summed E-state index contributed by atoms with van der Waals surface area (Å²) < 4.78 is 11.7. The Labute approximate surface area is 267 Å². The maximum absolute atomic E-state index is 11.5. The van der Waals surface area contributed by atoms with Crippen LogP contribution in [0.3, 0.4) is 0 Å². The molecule has 0 heterocycles. The van der Waals surface area contributed by atoms with E-state index in [0.717, 1.165) is 65.5 Å². The van der Waals surface area contributed by atoms with Crippen LogP contribution in [0.5, 0.6) is 11.5 Å². The Morgan fingerprint density at radius 3 is 2.22 bits per heavy atom. The van der Waals surface area contributed by atoms with Crippen LogP contribution in [0.4, 0.5) is 0 Å². The molecule has 5 heteroatoms. The van der Waals surface area contributed by atoms with Crippen LogP contribution in [0, 0.1) is 6.92 Å². The average Bonchev–Trinajstić information content (AvgIpc) is 3.05. The van der Waals surface area contributed by atoms with Gasteiger partial charge in [0.15, 0.2) is 0 Å². The lowest BCUT2D eigenvalue weighted by atomic mass is 9.88. The summed E-state index contributed by atoms with van der Waals surface area (Å²) in [5.74, 6) is 0.323. The molecule has 4 aromatic carbocycles. The third-order valence-electron chi connectivity index (χ3n) is 8.52. The van der Waals surface area contributed by atoms with Crippen LogP contribution < -0.4 is 9.47 Å². The van der Waals surface area contributed by atoms with Crippen molar-refractivity contribution in [3.63, 3.8) is 0 Å². The van der Waals surface area contributed by atoms with Gasteiger partial charge in [0.05, 0.1) is 12.2 Å². The van der Waals surface area contributed by atoms with Gasteiger partial charge in [-0.1, -0.05) is 81.9 Å². The summed E-state index contributed by atoms with van der Waals surface area (Å²) in [5, 5.41) is 11.6. The second-order valence-electron chi connectivity index (χ2n) is 11.7. The number of carboxylic acids is 1. The van der Waals surface area contributed by atoms with Gasteiger partial charge in [0.1, 0.15) is 11.5 Å².